The van der Waals surface area contributed by atoms with Gasteiger partial charge in [-0.05, 0) is 24.3 Å². The van der Waals surface area contributed by atoms with E-state index < -0.39 is 21.2 Å². The molecule has 0 amide bonds. The number of rotatable bonds is 6. The number of non-ortho nitro benzene ring substituents is 2. The van der Waals surface area contributed by atoms with Crippen LogP contribution in [0.25, 0.3) is 11.5 Å². The van der Waals surface area contributed by atoms with E-state index in [0.29, 0.717) is 11.3 Å². The first kappa shape index (κ1) is 17.5. The fourth-order valence-electron chi connectivity index (χ4n) is 2.10. The maximum absolute atomic E-state index is 10.9. The van der Waals surface area contributed by atoms with Crippen LogP contribution < -0.4 is 10.5 Å². The Hall–Kier alpha value is -4.35. The van der Waals surface area contributed by atoms with Crippen LogP contribution in [0.4, 0.5) is 11.4 Å². The summed E-state index contributed by atoms with van der Waals surface area (Å²) >= 11 is 0. The molecule has 27 heavy (non-hydrogen) atoms. The summed E-state index contributed by atoms with van der Waals surface area (Å²) in [5.74, 6) is 0.0336. The number of nitrogens with two attached hydrogens (primary N) is 1. The molecule has 0 aliphatic heterocycles. The summed E-state index contributed by atoms with van der Waals surface area (Å²) in [6, 6.07) is 9.14. The van der Waals surface area contributed by atoms with Gasteiger partial charge in [0.15, 0.2) is 0 Å². The third kappa shape index (κ3) is 3.84. The number of hydrogen-bond acceptors (Lipinski definition) is 9. The smallest absolute Gasteiger partial charge is 0.410 e. The molecule has 0 atom stereocenters. The molecule has 0 spiro atoms. The number of ether oxygens (including phenoxy) is 1. The number of aromatic nitrogens is 2. The Morgan fingerprint density at radius 1 is 1.04 bits per heavy atom. The van der Waals surface area contributed by atoms with Crippen LogP contribution in [-0.2, 0) is 0 Å². The van der Waals surface area contributed by atoms with Crippen molar-refractivity contribution in [3.63, 3.8) is 0 Å². The van der Waals surface area contributed by atoms with E-state index in [4.69, 9.17) is 20.3 Å². The Balaban J connectivity index is 1.88. The normalized spacial score (nSPS) is 10.4. The second kappa shape index (κ2) is 6.87. The van der Waals surface area contributed by atoms with E-state index in [1.165, 1.54) is 12.1 Å². The molecular formula is C15H10N6O6. The molecule has 0 saturated heterocycles. The number of nitro benzene ring substituents is 2. The lowest BCUT2D eigenvalue weighted by atomic mass is 10.2. The van der Waals surface area contributed by atoms with Crippen LogP contribution in [0.2, 0.25) is 0 Å². The van der Waals surface area contributed by atoms with Gasteiger partial charge in [0, 0.05) is 17.7 Å². The molecule has 3 N–H and O–H groups in total. The lowest BCUT2D eigenvalue weighted by Gasteiger charge is -2.01. The van der Waals surface area contributed by atoms with Gasteiger partial charge in [-0.1, -0.05) is 5.10 Å². The minimum Gasteiger partial charge on any atom is -0.410 e. The minimum absolute atomic E-state index is 0.00479. The molecule has 12 nitrogen and oxygen atoms in total. The van der Waals surface area contributed by atoms with Gasteiger partial charge in [-0.25, -0.2) is 0 Å². The van der Waals surface area contributed by atoms with Crippen LogP contribution in [0.5, 0.6) is 11.8 Å². The predicted molar refractivity (Wildman–Crippen MR) is 90.6 cm³/mol. The van der Waals surface area contributed by atoms with Crippen LogP contribution in [0, 0.1) is 25.6 Å². The average Bonchev–Trinajstić information content (AvgIpc) is 3.10. The lowest BCUT2D eigenvalue weighted by Crippen LogP contribution is -2.10. The van der Waals surface area contributed by atoms with E-state index in [0.717, 1.165) is 18.2 Å². The molecule has 0 bridgehead atoms. The molecular weight excluding hydrogens is 360 g/mol. The summed E-state index contributed by atoms with van der Waals surface area (Å²) in [7, 11) is 0. The van der Waals surface area contributed by atoms with E-state index in [2.05, 4.69) is 10.2 Å². The quantitative estimate of drug-likeness (QED) is 0.285. The third-order valence-corrected chi connectivity index (χ3v) is 3.35. The second-order valence-corrected chi connectivity index (χ2v) is 5.17. The topological polar surface area (TPSA) is 184 Å². The minimum atomic E-state index is -0.763. The van der Waals surface area contributed by atoms with Crippen molar-refractivity contribution in [1.82, 2.24) is 10.2 Å². The van der Waals surface area contributed by atoms with Crippen molar-refractivity contribution in [2.75, 3.05) is 0 Å². The fraction of sp³-hybridized carbons (Fsp3) is 0. The molecule has 0 fully saturated rings. The predicted octanol–water partition coefficient (Wildman–Crippen LogP) is 2.63. The first-order valence-electron chi connectivity index (χ1n) is 7.23. The van der Waals surface area contributed by atoms with Gasteiger partial charge >= 0.3 is 6.08 Å². The highest BCUT2D eigenvalue weighted by atomic mass is 16.6. The van der Waals surface area contributed by atoms with Crippen LogP contribution in [0.3, 0.4) is 0 Å². The molecule has 1 aromatic heterocycles. The molecule has 3 rings (SSSR count). The molecule has 3 aromatic rings. The van der Waals surface area contributed by atoms with Crippen LogP contribution >= 0.6 is 0 Å². The van der Waals surface area contributed by atoms with Gasteiger partial charge in [-0.3, -0.25) is 25.6 Å². The molecule has 1 heterocycles. The number of nitrogen functional groups attached to an aromatic ring is 1. The third-order valence-electron chi connectivity index (χ3n) is 3.35. The van der Waals surface area contributed by atoms with Gasteiger partial charge < -0.3 is 14.9 Å². The Labute approximate surface area is 150 Å². The number of nitro groups is 2. The molecule has 0 unspecified atom stereocenters. The average molecular weight is 370 g/mol. The second-order valence-electron chi connectivity index (χ2n) is 5.17. The summed E-state index contributed by atoms with van der Waals surface area (Å²) in [5, 5.41) is 36.6. The van der Waals surface area contributed by atoms with Crippen LogP contribution in [0.15, 0.2) is 46.9 Å². The summed E-state index contributed by atoms with van der Waals surface area (Å²) in [5.41, 5.74) is 4.89. The number of nitrogens with zero attached hydrogens (tertiary/aromatic N) is 4. The summed E-state index contributed by atoms with van der Waals surface area (Å²) in [6.07, 6.45) is -0.269. The lowest BCUT2D eigenvalue weighted by molar-refractivity contribution is -0.394. The van der Waals surface area contributed by atoms with E-state index in [9.17, 15) is 20.2 Å². The first-order valence-corrected chi connectivity index (χ1v) is 7.23. The molecule has 0 radical (unpaired) electrons. The molecule has 0 aliphatic carbocycles. The van der Waals surface area contributed by atoms with E-state index in [-0.39, 0.29) is 23.4 Å². The fourth-order valence-corrected chi connectivity index (χ4v) is 2.10. The summed E-state index contributed by atoms with van der Waals surface area (Å²) < 4.78 is 10.6. The van der Waals surface area contributed by atoms with Gasteiger partial charge in [-0.15, -0.1) is 5.10 Å². The van der Waals surface area contributed by atoms with Crippen molar-refractivity contribution in [2.24, 2.45) is 5.73 Å². The summed E-state index contributed by atoms with van der Waals surface area (Å²) in [6.45, 7) is 0. The SMILES string of the molecule is N=C(N)c1ccc(Oc2nnc(-c3cc([N+](=O)[O-])cc([N+](=O)[O-])c3)o2)cc1. The standard InChI is InChI=1S/C15H10N6O6/c16-13(17)8-1-3-12(4-2-8)26-15-19-18-14(27-15)9-5-10(20(22)23)7-11(6-9)21(24)25/h1-7H,(H3,16,17). The van der Waals surface area contributed by atoms with Crippen LogP contribution in [-0.4, -0.2) is 25.9 Å². The Morgan fingerprint density at radius 2 is 1.63 bits per heavy atom. The molecule has 0 saturated carbocycles. The van der Waals surface area contributed by atoms with E-state index >= 15 is 0 Å². The van der Waals surface area contributed by atoms with Crippen molar-refractivity contribution < 1.29 is 19.0 Å². The number of amidine groups is 1. The number of nitrogens with one attached hydrogen (secondary N) is 1. The highest BCUT2D eigenvalue weighted by Gasteiger charge is 2.20. The van der Waals surface area contributed by atoms with E-state index in [1.54, 1.807) is 12.1 Å². The largest absolute Gasteiger partial charge is 0.420 e. The van der Waals surface area contributed by atoms with Crippen molar-refractivity contribution >= 4 is 17.2 Å². The van der Waals surface area contributed by atoms with Gasteiger partial charge in [-0.2, -0.15) is 0 Å². The zero-order valence-electron chi connectivity index (χ0n) is 13.4. The molecule has 136 valence electrons. The summed E-state index contributed by atoms with van der Waals surface area (Å²) in [4.78, 5) is 20.4. The number of benzene rings is 2. The monoisotopic (exact) mass is 370 g/mol. The van der Waals surface area contributed by atoms with Gasteiger partial charge in [0.2, 0.25) is 0 Å². The Morgan fingerprint density at radius 3 is 2.15 bits per heavy atom. The van der Waals surface area contributed by atoms with Crippen LogP contribution in [0.1, 0.15) is 5.56 Å². The van der Waals surface area contributed by atoms with Gasteiger partial charge in [0.1, 0.15) is 11.6 Å². The highest BCUT2D eigenvalue weighted by Crippen LogP contribution is 2.31. The van der Waals surface area contributed by atoms with E-state index in [1.807, 2.05) is 0 Å². The van der Waals surface area contributed by atoms with Gasteiger partial charge in [0.25, 0.3) is 17.3 Å². The van der Waals surface area contributed by atoms with Crippen molar-refractivity contribution in [3.8, 4) is 23.3 Å². The number of hydrogen-bond donors (Lipinski definition) is 2. The van der Waals surface area contributed by atoms with Crippen molar-refractivity contribution in [2.45, 2.75) is 0 Å². The van der Waals surface area contributed by atoms with Crippen molar-refractivity contribution in [1.29, 1.82) is 5.41 Å². The highest BCUT2D eigenvalue weighted by molar-refractivity contribution is 5.94. The molecule has 12 heteroatoms. The maximum atomic E-state index is 10.9. The Kier molecular flexibility index (Phi) is 4.45. The zero-order valence-corrected chi connectivity index (χ0v) is 13.4. The van der Waals surface area contributed by atoms with Crippen molar-refractivity contribution in [3.05, 3.63) is 68.3 Å². The van der Waals surface area contributed by atoms with Gasteiger partial charge in [0.05, 0.1) is 21.5 Å². The first-order chi connectivity index (χ1) is 12.8. The Bertz CT molecular complexity index is 1010. The zero-order chi connectivity index (χ0) is 19.6. The molecule has 0 aliphatic rings. The molecule has 2 aromatic carbocycles. The maximum Gasteiger partial charge on any atom is 0.420 e.